The van der Waals surface area contributed by atoms with E-state index in [1.807, 2.05) is 24.3 Å². The highest BCUT2D eigenvalue weighted by Crippen LogP contribution is 2.21. The Hall–Kier alpha value is -4.06. The molecule has 0 saturated carbocycles. The van der Waals surface area contributed by atoms with Crippen molar-refractivity contribution in [2.24, 2.45) is 0 Å². The predicted molar refractivity (Wildman–Crippen MR) is 143 cm³/mol. The van der Waals surface area contributed by atoms with Crippen LogP contribution in [0.15, 0.2) is 53.9 Å². The molecule has 0 aliphatic carbocycles. The number of H-pyrrole nitrogens is 1. The summed E-state index contributed by atoms with van der Waals surface area (Å²) in [5, 5.41) is 4.95. The number of aromatic amines is 1. The fourth-order valence-electron chi connectivity index (χ4n) is 3.71. The van der Waals surface area contributed by atoms with E-state index < -0.39 is 24.2 Å². The molecule has 4 rings (SSSR count). The van der Waals surface area contributed by atoms with Crippen LogP contribution in [0.25, 0.3) is 11.0 Å². The molecule has 0 unspecified atom stereocenters. The maximum Gasteiger partial charge on any atom is 0.410 e. The molecule has 0 aliphatic rings. The minimum absolute atomic E-state index is 0.00143. The number of aromatic nitrogens is 3. The Morgan fingerprint density at radius 1 is 1.10 bits per heavy atom. The molecule has 12 heteroatoms. The van der Waals surface area contributed by atoms with E-state index in [9.17, 15) is 18.4 Å². The van der Waals surface area contributed by atoms with Gasteiger partial charge in [-0.3, -0.25) is 4.79 Å². The van der Waals surface area contributed by atoms with Crippen molar-refractivity contribution in [3.05, 3.63) is 76.0 Å². The average molecular weight is 558 g/mol. The summed E-state index contributed by atoms with van der Waals surface area (Å²) in [4.78, 5) is 39.3. The van der Waals surface area contributed by atoms with E-state index in [0.717, 1.165) is 11.0 Å². The molecule has 0 aliphatic heterocycles. The zero-order valence-electron chi connectivity index (χ0n) is 21.7. The smallest absolute Gasteiger partial charge is 0.410 e. The second-order valence-electron chi connectivity index (χ2n) is 9.65. The van der Waals surface area contributed by atoms with Crippen molar-refractivity contribution in [1.29, 1.82) is 0 Å². The molecule has 0 bridgehead atoms. The van der Waals surface area contributed by atoms with Gasteiger partial charge in [0, 0.05) is 30.5 Å². The molecule has 9 nitrogen and oxygen atoms in total. The Kier molecular flexibility index (Phi) is 8.75. The molecular formula is C27H29F2N5O4S. The lowest BCUT2D eigenvalue weighted by Gasteiger charge is -2.26. The van der Waals surface area contributed by atoms with Gasteiger partial charge < -0.3 is 24.7 Å². The first-order valence-corrected chi connectivity index (χ1v) is 13.1. The number of benzene rings is 2. The van der Waals surface area contributed by atoms with Crippen LogP contribution in [0.5, 0.6) is 5.75 Å². The monoisotopic (exact) mass is 557 g/mol. The van der Waals surface area contributed by atoms with Crippen molar-refractivity contribution in [2.45, 2.75) is 52.5 Å². The van der Waals surface area contributed by atoms with E-state index in [-0.39, 0.29) is 24.5 Å². The molecule has 2 N–H and O–H groups in total. The Bertz CT molecular complexity index is 1400. The van der Waals surface area contributed by atoms with E-state index >= 15 is 0 Å². The number of amides is 2. The van der Waals surface area contributed by atoms with Gasteiger partial charge in [0.25, 0.3) is 5.91 Å². The number of rotatable bonds is 10. The van der Waals surface area contributed by atoms with E-state index in [1.165, 1.54) is 17.4 Å². The number of nitrogens with one attached hydrogen (secondary N) is 2. The van der Waals surface area contributed by atoms with Crippen LogP contribution in [0.2, 0.25) is 0 Å². The number of carbonyl (C=O) groups excluding carboxylic acids is 2. The van der Waals surface area contributed by atoms with Crippen LogP contribution in [0, 0.1) is 0 Å². The third-order valence-electron chi connectivity index (χ3n) is 5.44. The number of nitrogens with zero attached hydrogens (tertiary/aromatic N) is 3. The largest absolute Gasteiger partial charge is 0.444 e. The fourth-order valence-corrected chi connectivity index (χ4v) is 4.48. The summed E-state index contributed by atoms with van der Waals surface area (Å²) in [5.41, 5.74) is 1.61. The molecule has 4 aromatic rings. The third kappa shape index (κ3) is 7.96. The number of hydrogen-bond donors (Lipinski definition) is 2. The number of carbonyl (C=O) groups is 2. The van der Waals surface area contributed by atoms with Crippen molar-refractivity contribution in [1.82, 2.24) is 25.2 Å². The highest BCUT2D eigenvalue weighted by atomic mass is 32.1. The summed E-state index contributed by atoms with van der Waals surface area (Å²) >= 11 is 1.29. The lowest BCUT2D eigenvalue weighted by Crippen LogP contribution is -2.38. The van der Waals surface area contributed by atoms with Crippen LogP contribution in [0.1, 0.15) is 47.7 Å². The van der Waals surface area contributed by atoms with E-state index in [4.69, 9.17) is 4.74 Å². The minimum atomic E-state index is -2.96. The first-order valence-electron chi connectivity index (χ1n) is 12.2. The second kappa shape index (κ2) is 12.2. The molecule has 0 fully saturated rings. The van der Waals surface area contributed by atoms with Crippen LogP contribution >= 0.6 is 11.3 Å². The van der Waals surface area contributed by atoms with Gasteiger partial charge in [0.1, 0.15) is 22.9 Å². The first kappa shape index (κ1) is 28.0. The summed E-state index contributed by atoms with van der Waals surface area (Å²) in [6.07, 6.45) is -0.0928. The molecule has 0 atom stereocenters. The van der Waals surface area contributed by atoms with Crippen molar-refractivity contribution < 1.29 is 27.8 Å². The normalized spacial score (nSPS) is 11.5. The van der Waals surface area contributed by atoms with Crippen molar-refractivity contribution in [3.63, 3.8) is 0 Å². The molecule has 2 amide bonds. The van der Waals surface area contributed by atoms with Gasteiger partial charge >= 0.3 is 12.7 Å². The number of thiazole rings is 1. The van der Waals surface area contributed by atoms with Gasteiger partial charge in [-0.25, -0.2) is 14.8 Å². The molecule has 0 spiro atoms. The SMILES string of the molecule is CC(C)(C)OC(=O)N(CCc1nc(C(=O)NCc2ccccc2OC(F)F)cs1)Cc1nc2ccccc2[nH]1. The molecule has 39 heavy (non-hydrogen) atoms. The van der Waals surface area contributed by atoms with Crippen molar-refractivity contribution in [3.8, 4) is 5.75 Å². The highest BCUT2D eigenvalue weighted by Gasteiger charge is 2.24. The summed E-state index contributed by atoms with van der Waals surface area (Å²) in [6, 6.07) is 13.9. The Morgan fingerprint density at radius 2 is 1.85 bits per heavy atom. The van der Waals surface area contributed by atoms with Crippen LogP contribution in [0.4, 0.5) is 13.6 Å². The summed E-state index contributed by atoms with van der Waals surface area (Å²) in [6.45, 7) is 2.94. The lowest BCUT2D eigenvalue weighted by atomic mass is 10.2. The summed E-state index contributed by atoms with van der Waals surface area (Å²) < 4.78 is 35.4. The van der Waals surface area contributed by atoms with E-state index in [0.29, 0.717) is 29.4 Å². The maximum absolute atomic E-state index is 13.0. The lowest BCUT2D eigenvalue weighted by molar-refractivity contribution is -0.0504. The molecular weight excluding hydrogens is 528 g/mol. The average Bonchev–Trinajstić information content (AvgIpc) is 3.51. The van der Waals surface area contributed by atoms with Gasteiger partial charge in [0.2, 0.25) is 0 Å². The molecule has 2 aromatic carbocycles. The maximum atomic E-state index is 13.0. The van der Waals surface area contributed by atoms with Crippen LogP contribution < -0.4 is 10.1 Å². The van der Waals surface area contributed by atoms with Gasteiger partial charge in [0.15, 0.2) is 0 Å². The zero-order chi connectivity index (χ0) is 28.0. The van der Waals surface area contributed by atoms with Gasteiger partial charge in [0.05, 0.1) is 22.6 Å². The Morgan fingerprint density at radius 3 is 2.59 bits per heavy atom. The van der Waals surface area contributed by atoms with Crippen molar-refractivity contribution >= 4 is 34.4 Å². The van der Waals surface area contributed by atoms with Gasteiger partial charge in [-0.15, -0.1) is 11.3 Å². The number of imidazole rings is 1. The molecule has 0 saturated heterocycles. The zero-order valence-corrected chi connectivity index (χ0v) is 22.6. The molecule has 2 aromatic heterocycles. The number of fused-ring (bicyclic) bond motifs is 1. The standard InChI is InChI=1S/C27H29F2N5O4S/c1-27(2,3)38-26(36)34(15-22-31-18-9-5-6-10-19(18)32-22)13-12-23-33-20(16-39-23)24(35)30-14-17-8-4-7-11-21(17)37-25(28)29/h4-11,16,25H,12-15H2,1-3H3,(H,30,35)(H,31,32). The van der Waals surface area contributed by atoms with Crippen LogP contribution in [-0.2, 0) is 24.2 Å². The van der Waals surface area contributed by atoms with Crippen LogP contribution in [0.3, 0.4) is 0 Å². The Balaban J connectivity index is 1.39. The third-order valence-corrected chi connectivity index (χ3v) is 6.35. The number of halogens is 2. The highest BCUT2D eigenvalue weighted by molar-refractivity contribution is 7.09. The summed E-state index contributed by atoms with van der Waals surface area (Å²) in [5.74, 6) is 0.173. The quantitative estimate of drug-likeness (QED) is 0.265. The number of para-hydroxylation sites is 3. The second-order valence-corrected chi connectivity index (χ2v) is 10.6. The molecule has 0 radical (unpaired) electrons. The van der Waals surface area contributed by atoms with Crippen LogP contribution in [-0.4, -0.2) is 50.6 Å². The van der Waals surface area contributed by atoms with Gasteiger partial charge in [-0.2, -0.15) is 8.78 Å². The van der Waals surface area contributed by atoms with E-state index in [2.05, 4.69) is 25.0 Å². The fraction of sp³-hybridized carbons (Fsp3) is 0.333. The van der Waals surface area contributed by atoms with E-state index in [1.54, 1.807) is 49.3 Å². The first-order chi connectivity index (χ1) is 18.6. The van der Waals surface area contributed by atoms with Crippen molar-refractivity contribution in [2.75, 3.05) is 6.54 Å². The minimum Gasteiger partial charge on any atom is -0.444 e. The van der Waals surface area contributed by atoms with Gasteiger partial charge in [-0.05, 0) is 39.0 Å². The number of ether oxygens (including phenoxy) is 2. The number of hydrogen-bond acceptors (Lipinski definition) is 7. The molecule has 2 heterocycles. The summed E-state index contributed by atoms with van der Waals surface area (Å²) in [7, 11) is 0. The number of alkyl halides is 2. The Labute approximate surface area is 228 Å². The molecule has 206 valence electrons. The topological polar surface area (TPSA) is 109 Å². The van der Waals surface area contributed by atoms with Gasteiger partial charge in [-0.1, -0.05) is 30.3 Å². The predicted octanol–water partition coefficient (Wildman–Crippen LogP) is 5.53.